The highest BCUT2D eigenvalue weighted by Gasteiger charge is 2.46. The van der Waals surface area contributed by atoms with E-state index >= 15 is 0 Å². The average molecular weight is 224 g/mol. The van der Waals surface area contributed by atoms with Gasteiger partial charge in [0.2, 0.25) is 0 Å². The molecule has 0 aromatic carbocycles. The van der Waals surface area contributed by atoms with Crippen molar-refractivity contribution in [1.82, 2.24) is 0 Å². The van der Waals surface area contributed by atoms with Crippen LogP contribution in [0.25, 0.3) is 0 Å². The van der Waals surface area contributed by atoms with Gasteiger partial charge in [0, 0.05) is 12.5 Å². The predicted octanol–water partition coefficient (Wildman–Crippen LogP) is 3.34. The number of ether oxygens (including phenoxy) is 1. The minimum Gasteiger partial charge on any atom is -0.381 e. The summed E-state index contributed by atoms with van der Waals surface area (Å²) < 4.78 is 5.42. The summed E-state index contributed by atoms with van der Waals surface area (Å²) in [6.07, 6.45) is 9.87. The van der Waals surface area contributed by atoms with Crippen LogP contribution in [0, 0.1) is 11.3 Å². The Morgan fingerprint density at radius 3 is 2.12 bits per heavy atom. The molecule has 0 unspecified atom stereocenters. The molecule has 2 aliphatic rings. The quantitative estimate of drug-likeness (QED) is 0.735. The molecule has 2 heteroatoms. The third kappa shape index (κ3) is 2.04. The van der Waals surface area contributed by atoms with Gasteiger partial charge in [0.1, 0.15) is 5.78 Å². The molecule has 2 saturated carbocycles. The molecule has 0 spiro atoms. The van der Waals surface area contributed by atoms with Crippen LogP contribution >= 0.6 is 0 Å². The van der Waals surface area contributed by atoms with E-state index in [-0.39, 0.29) is 5.41 Å². The monoisotopic (exact) mass is 224 g/mol. The average Bonchev–Trinajstić information content (AvgIpc) is 2.82. The molecule has 0 bridgehead atoms. The van der Waals surface area contributed by atoms with E-state index in [4.69, 9.17) is 4.74 Å². The van der Waals surface area contributed by atoms with Crippen LogP contribution in [0.15, 0.2) is 0 Å². The fourth-order valence-corrected chi connectivity index (χ4v) is 3.87. The minimum atomic E-state index is 0.0194. The lowest BCUT2D eigenvalue weighted by Gasteiger charge is -2.42. The van der Waals surface area contributed by atoms with Crippen LogP contribution in [0.3, 0.4) is 0 Å². The first-order chi connectivity index (χ1) is 7.69. The summed E-state index contributed by atoms with van der Waals surface area (Å²) in [7, 11) is 1.79. The molecule has 2 rings (SSSR count). The molecular formula is C14H24O2. The zero-order valence-corrected chi connectivity index (χ0v) is 10.6. The molecule has 16 heavy (non-hydrogen) atoms. The standard InChI is InChI=1S/C14H24O2/c1-11(15)14(12-5-3-4-6-12)9-7-13(16-2)8-10-14/h12-13H,3-10H2,1-2H3. The molecule has 0 heterocycles. The maximum absolute atomic E-state index is 12.1. The number of Topliss-reactive ketones (excluding diaryl/α,β-unsaturated/α-hetero) is 1. The Balaban J connectivity index is 2.08. The van der Waals surface area contributed by atoms with Crippen LogP contribution in [0.2, 0.25) is 0 Å². The van der Waals surface area contributed by atoms with Gasteiger partial charge in [-0.15, -0.1) is 0 Å². The van der Waals surface area contributed by atoms with Gasteiger partial charge in [-0.05, 0) is 51.4 Å². The van der Waals surface area contributed by atoms with Gasteiger partial charge in [0.25, 0.3) is 0 Å². The Hall–Kier alpha value is -0.370. The summed E-state index contributed by atoms with van der Waals surface area (Å²) in [6.45, 7) is 1.81. The lowest BCUT2D eigenvalue weighted by atomic mass is 9.62. The van der Waals surface area contributed by atoms with Crippen molar-refractivity contribution in [1.29, 1.82) is 0 Å². The van der Waals surface area contributed by atoms with Crippen molar-refractivity contribution in [3.05, 3.63) is 0 Å². The topological polar surface area (TPSA) is 26.3 Å². The van der Waals surface area contributed by atoms with Gasteiger partial charge >= 0.3 is 0 Å². The molecule has 2 nitrogen and oxygen atoms in total. The van der Waals surface area contributed by atoms with Crippen molar-refractivity contribution in [3.63, 3.8) is 0 Å². The van der Waals surface area contributed by atoms with Gasteiger partial charge in [0.05, 0.1) is 6.10 Å². The summed E-state index contributed by atoms with van der Waals surface area (Å²) >= 11 is 0. The van der Waals surface area contributed by atoms with E-state index in [0.717, 1.165) is 25.7 Å². The third-order valence-electron chi connectivity index (χ3n) is 5.00. The van der Waals surface area contributed by atoms with E-state index in [2.05, 4.69) is 0 Å². The smallest absolute Gasteiger partial charge is 0.136 e. The molecule has 0 N–H and O–H groups in total. The van der Waals surface area contributed by atoms with Crippen molar-refractivity contribution >= 4 is 5.78 Å². The number of methoxy groups -OCH3 is 1. The largest absolute Gasteiger partial charge is 0.381 e. The SMILES string of the molecule is COC1CCC(C(C)=O)(C2CCCC2)CC1. The Morgan fingerprint density at radius 1 is 1.12 bits per heavy atom. The highest BCUT2D eigenvalue weighted by Crippen LogP contribution is 2.50. The number of hydrogen-bond acceptors (Lipinski definition) is 2. The fraction of sp³-hybridized carbons (Fsp3) is 0.929. The first-order valence-electron chi connectivity index (χ1n) is 6.73. The summed E-state index contributed by atoms with van der Waals surface area (Å²) in [6, 6.07) is 0. The van der Waals surface area contributed by atoms with Gasteiger partial charge < -0.3 is 4.74 Å². The van der Waals surface area contributed by atoms with Gasteiger partial charge in [-0.2, -0.15) is 0 Å². The van der Waals surface area contributed by atoms with Crippen LogP contribution in [0.5, 0.6) is 0 Å². The van der Waals surface area contributed by atoms with Gasteiger partial charge in [-0.25, -0.2) is 0 Å². The molecular weight excluding hydrogens is 200 g/mol. The van der Waals surface area contributed by atoms with Crippen LogP contribution in [0.4, 0.5) is 0 Å². The summed E-state index contributed by atoms with van der Waals surface area (Å²) in [5, 5.41) is 0. The lowest BCUT2D eigenvalue weighted by Crippen LogP contribution is -2.41. The first kappa shape index (κ1) is 12.1. The van der Waals surface area contributed by atoms with Gasteiger partial charge in [-0.1, -0.05) is 12.8 Å². The van der Waals surface area contributed by atoms with E-state index < -0.39 is 0 Å². The van der Waals surface area contributed by atoms with Gasteiger partial charge in [0.15, 0.2) is 0 Å². The second kappa shape index (κ2) is 4.87. The Kier molecular flexibility index (Phi) is 3.68. The number of carbonyl (C=O) groups excluding carboxylic acids is 1. The Bertz CT molecular complexity index is 245. The molecule has 0 aromatic rings. The maximum Gasteiger partial charge on any atom is 0.136 e. The number of rotatable bonds is 3. The molecule has 0 amide bonds. The maximum atomic E-state index is 12.1. The zero-order valence-electron chi connectivity index (χ0n) is 10.6. The molecule has 0 radical (unpaired) electrons. The molecule has 0 aromatic heterocycles. The van der Waals surface area contributed by atoms with E-state index in [0.29, 0.717) is 17.8 Å². The van der Waals surface area contributed by atoms with Crippen molar-refractivity contribution in [2.75, 3.05) is 7.11 Å². The van der Waals surface area contributed by atoms with Crippen LogP contribution in [0.1, 0.15) is 58.3 Å². The molecule has 2 aliphatic carbocycles. The Labute approximate surface area is 98.7 Å². The number of ketones is 1. The summed E-state index contributed by atoms with van der Waals surface area (Å²) in [5.74, 6) is 1.11. The fourth-order valence-electron chi connectivity index (χ4n) is 3.87. The van der Waals surface area contributed by atoms with E-state index in [1.165, 1.54) is 25.7 Å². The second-order valence-corrected chi connectivity index (χ2v) is 5.63. The Morgan fingerprint density at radius 2 is 1.69 bits per heavy atom. The third-order valence-corrected chi connectivity index (χ3v) is 5.00. The van der Waals surface area contributed by atoms with Crippen LogP contribution in [-0.4, -0.2) is 19.0 Å². The molecule has 92 valence electrons. The van der Waals surface area contributed by atoms with Crippen molar-refractivity contribution in [2.45, 2.75) is 64.4 Å². The van der Waals surface area contributed by atoms with Crippen LogP contribution < -0.4 is 0 Å². The normalized spacial score (nSPS) is 36.5. The molecule has 2 fully saturated rings. The molecule has 0 aliphatic heterocycles. The van der Waals surface area contributed by atoms with E-state index in [1.807, 2.05) is 6.92 Å². The van der Waals surface area contributed by atoms with Crippen LogP contribution in [-0.2, 0) is 9.53 Å². The number of carbonyl (C=O) groups is 1. The van der Waals surface area contributed by atoms with E-state index in [9.17, 15) is 4.79 Å². The van der Waals surface area contributed by atoms with Gasteiger partial charge in [-0.3, -0.25) is 4.79 Å². The highest BCUT2D eigenvalue weighted by molar-refractivity contribution is 5.82. The lowest BCUT2D eigenvalue weighted by molar-refractivity contribution is -0.134. The van der Waals surface area contributed by atoms with E-state index in [1.54, 1.807) is 7.11 Å². The van der Waals surface area contributed by atoms with Crippen molar-refractivity contribution in [2.24, 2.45) is 11.3 Å². The molecule has 0 atom stereocenters. The second-order valence-electron chi connectivity index (χ2n) is 5.63. The summed E-state index contributed by atoms with van der Waals surface area (Å²) in [4.78, 5) is 12.1. The minimum absolute atomic E-state index is 0.0194. The predicted molar refractivity (Wildman–Crippen MR) is 64.3 cm³/mol. The first-order valence-corrected chi connectivity index (χ1v) is 6.73. The zero-order chi connectivity index (χ0) is 11.6. The van der Waals surface area contributed by atoms with Crippen molar-refractivity contribution in [3.8, 4) is 0 Å². The van der Waals surface area contributed by atoms with Crippen molar-refractivity contribution < 1.29 is 9.53 Å². The highest BCUT2D eigenvalue weighted by atomic mass is 16.5. The molecule has 0 saturated heterocycles. The summed E-state index contributed by atoms with van der Waals surface area (Å²) in [5.41, 5.74) is 0.0194. The number of hydrogen-bond donors (Lipinski definition) is 0.